The number of rotatable bonds is 2. The smallest absolute Gasteiger partial charge is 0.199 e. The fourth-order valence-corrected chi connectivity index (χ4v) is 2.70. The Bertz CT molecular complexity index is 699. The van der Waals surface area contributed by atoms with Crippen molar-refractivity contribution in [2.24, 2.45) is 0 Å². The molecule has 0 aromatic carbocycles. The lowest BCUT2D eigenvalue weighted by Crippen LogP contribution is -2.32. The second-order valence-corrected chi connectivity index (χ2v) is 5.07. The molecule has 0 aliphatic carbocycles. The van der Waals surface area contributed by atoms with E-state index in [1.165, 1.54) is 0 Å². The molecule has 108 valence electrons. The zero-order chi connectivity index (χ0) is 14.4. The molecule has 9 heteroatoms. The van der Waals surface area contributed by atoms with Crippen molar-refractivity contribution < 1.29 is 20.1 Å². The van der Waals surface area contributed by atoms with Crippen LogP contribution in [0.4, 0.5) is 5.95 Å². The molecule has 1 aliphatic rings. The molecule has 2 aromatic rings. The van der Waals surface area contributed by atoms with Crippen LogP contribution in [0.1, 0.15) is 11.7 Å². The average Bonchev–Trinajstić information content (AvgIpc) is 2.93. The van der Waals surface area contributed by atoms with Gasteiger partial charge < -0.3 is 35.8 Å². The van der Waals surface area contributed by atoms with E-state index in [-0.39, 0.29) is 12.6 Å². The van der Waals surface area contributed by atoms with Crippen LogP contribution in [0.15, 0.2) is 6.20 Å². The van der Waals surface area contributed by atoms with Crippen LogP contribution in [0.25, 0.3) is 11.0 Å². The minimum Gasteiger partial charge on any atom is -0.394 e. The van der Waals surface area contributed by atoms with Gasteiger partial charge in [-0.2, -0.15) is 0 Å². The van der Waals surface area contributed by atoms with Crippen LogP contribution >= 0.6 is 12.2 Å². The molecule has 20 heavy (non-hydrogen) atoms. The molecule has 1 saturated heterocycles. The molecular formula is C11H14N4O4S. The zero-order valence-electron chi connectivity index (χ0n) is 10.3. The summed E-state index contributed by atoms with van der Waals surface area (Å²) in [5.41, 5.74) is 7.34. The Morgan fingerprint density at radius 3 is 2.75 bits per heavy atom. The van der Waals surface area contributed by atoms with Crippen LogP contribution in [0, 0.1) is 4.64 Å². The van der Waals surface area contributed by atoms with Crippen LogP contribution in [0.3, 0.4) is 0 Å². The first-order valence-electron chi connectivity index (χ1n) is 6.02. The number of H-pyrrole nitrogens is 2. The van der Waals surface area contributed by atoms with Crippen molar-refractivity contribution in [3.8, 4) is 0 Å². The summed E-state index contributed by atoms with van der Waals surface area (Å²) >= 11 is 5.09. The summed E-state index contributed by atoms with van der Waals surface area (Å²) in [5.74, 6) is 0.148. The van der Waals surface area contributed by atoms with Gasteiger partial charge in [0.1, 0.15) is 24.4 Å². The van der Waals surface area contributed by atoms with Gasteiger partial charge in [0.05, 0.1) is 17.6 Å². The molecule has 0 saturated carbocycles. The third kappa shape index (κ3) is 1.91. The lowest BCUT2D eigenvalue weighted by atomic mass is 10.0. The van der Waals surface area contributed by atoms with E-state index in [4.69, 9.17) is 27.8 Å². The summed E-state index contributed by atoms with van der Waals surface area (Å²) < 4.78 is 5.78. The number of hydrogen-bond acceptors (Lipinski definition) is 7. The van der Waals surface area contributed by atoms with Crippen LogP contribution in [-0.4, -0.2) is 55.2 Å². The standard InChI is InChI=1S/C11H14N4O4S/c12-11-14-5-3(1-13-6(5)10(20)15-11)9-8(18)7(17)4(2-16)19-9/h1,4,7-9,13,16-18H,2H2,(H3,12,14,15,20)/t4-,7-,8-,9+/m1/s1. The number of ether oxygens (including phenoxy) is 1. The first-order valence-corrected chi connectivity index (χ1v) is 6.43. The van der Waals surface area contributed by atoms with E-state index in [2.05, 4.69) is 15.0 Å². The van der Waals surface area contributed by atoms with Crippen LogP contribution in [-0.2, 0) is 4.74 Å². The van der Waals surface area contributed by atoms with Gasteiger partial charge in [-0.1, -0.05) is 12.2 Å². The summed E-state index contributed by atoms with van der Waals surface area (Å²) in [6, 6.07) is 0. The Labute approximate surface area is 118 Å². The number of anilines is 1. The number of nitrogen functional groups attached to an aromatic ring is 1. The zero-order valence-corrected chi connectivity index (χ0v) is 11.1. The SMILES string of the molecule is Nc1nc(=S)c2[nH]cc([C@@H]3O[C@H](CO)[C@@H](O)[C@H]3O)c2[nH]1. The maximum atomic E-state index is 10.0. The van der Waals surface area contributed by atoms with Crippen LogP contribution in [0.2, 0.25) is 0 Å². The van der Waals surface area contributed by atoms with Crippen molar-refractivity contribution in [3.63, 3.8) is 0 Å². The molecule has 3 heterocycles. The highest BCUT2D eigenvalue weighted by atomic mass is 32.1. The molecule has 0 radical (unpaired) electrons. The average molecular weight is 298 g/mol. The number of aromatic amines is 2. The monoisotopic (exact) mass is 298 g/mol. The van der Waals surface area contributed by atoms with Gasteiger partial charge in [-0.15, -0.1) is 0 Å². The molecule has 3 rings (SSSR count). The Balaban J connectivity index is 2.09. The van der Waals surface area contributed by atoms with Crippen LogP contribution < -0.4 is 5.73 Å². The van der Waals surface area contributed by atoms with Crippen molar-refractivity contribution in [1.29, 1.82) is 0 Å². The maximum Gasteiger partial charge on any atom is 0.199 e. The van der Waals surface area contributed by atoms with Crippen molar-refractivity contribution >= 4 is 29.2 Å². The van der Waals surface area contributed by atoms with Gasteiger partial charge >= 0.3 is 0 Å². The molecule has 1 fully saturated rings. The van der Waals surface area contributed by atoms with Gasteiger partial charge in [0.2, 0.25) is 0 Å². The minimum absolute atomic E-state index is 0.148. The van der Waals surface area contributed by atoms with Gasteiger partial charge in [-0.3, -0.25) is 0 Å². The number of hydrogen-bond donors (Lipinski definition) is 6. The van der Waals surface area contributed by atoms with Crippen molar-refractivity contribution in [1.82, 2.24) is 15.0 Å². The van der Waals surface area contributed by atoms with Crippen molar-refractivity contribution in [2.45, 2.75) is 24.4 Å². The van der Waals surface area contributed by atoms with Crippen LogP contribution in [0.5, 0.6) is 0 Å². The first kappa shape index (κ1) is 13.5. The van der Waals surface area contributed by atoms with E-state index in [9.17, 15) is 10.2 Å². The third-order valence-electron chi connectivity index (χ3n) is 3.45. The molecule has 1 aliphatic heterocycles. The van der Waals surface area contributed by atoms with Gasteiger partial charge in [-0.05, 0) is 0 Å². The molecule has 8 nitrogen and oxygen atoms in total. The number of aromatic nitrogens is 3. The normalized spacial score (nSPS) is 30.1. The third-order valence-corrected chi connectivity index (χ3v) is 3.74. The lowest BCUT2D eigenvalue weighted by molar-refractivity contribution is -0.0224. The quantitative estimate of drug-likeness (QED) is 0.405. The summed E-state index contributed by atoms with van der Waals surface area (Å²) in [6.07, 6.45) is -2.32. The molecule has 0 unspecified atom stereocenters. The topological polar surface area (TPSA) is 140 Å². The van der Waals surface area contributed by atoms with Crippen molar-refractivity contribution in [3.05, 3.63) is 16.4 Å². The van der Waals surface area contributed by atoms with Crippen molar-refractivity contribution in [2.75, 3.05) is 12.3 Å². The second-order valence-electron chi connectivity index (χ2n) is 4.68. The maximum absolute atomic E-state index is 10.0. The fraction of sp³-hybridized carbons (Fsp3) is 0.455. The summed E-state index contributed by atoms with van der Waals surface area (Å²) in [5, 5.41) is 28.9. The fourth-order valence-electron chi connectivity index (χ4n) is 2.44. The van der Waals surface area contributed by atoms with E-state index in [0.29, 0.717) is 21.2 Å². The lowest BCUT2D eigenvalue weighted by Gasteiger charge is -2.13. The predicted octanol–water partition coefficient (Wildman–Crippen LogP) is -0.643. The number of aliphatic hydroxyl groups is 3. The number of fused-ring (bicyclic) bond motifs is 1. The van der Waals surface area contributed by atoms with Gasteiger partial charge in [0, 0.05) is 11.8 Å². The van der Waals surface area contributed by atoms with E-state index < -0.39 is 24.4 Å². The molecule has 0 bridgehead atoms. The van der Waals surface area contributed by atoms with E-state index in [1.807, 2.05) is 0 Å². The van der Waals surface area contributed by atoms with Gasteiger partial charge in [0.25, 0.3) is 0 Å². The summed E-state index contributed by atoms with van der Waals surface area (Å²) in [4.78, 5) is 9.72. The molecule has 2 aromatic heterocycles. The largest absolute Gasteiger partial charge is 0.394 e. The Kier molecular flexibility index (Phi) is 3.22. The molecule has 0 spiro atoms. The highest BCUT2D eigenvalue weighted by molar-refractivity contribution is 7.71. The van der Waals surface area contributed by atoms with Gasteiger partial charge in [-0.25, -0.2) is 4.98 Å². The Morgan fingerprint density at radius 2 is 2.10 bits per heavy atom. The summed E-state index contributed by atoms with van der Waals surface area (Å²) in [6.45, 7) is -0.378. The predicted molar refractivity (Wildman–Crippen MR) is 72.4 cm³/mol. The highest BCUT2D eigenvalue weighted by Crippen LogP contribution is 2.36. The Hall–Kier alpha value is -1.52. The van der Waals surface area contributed by atoms with Gasteiger partial charge in [0.15, 0.2) is 10.6 Å². The van der Waals surface area contributed by atoms with E-state index in [0.717, 1.165) is 0 Å². The van der Waals surface area contributed by atoms with E-state index >= 15 is 0 Å². The highest BCUT2D eigenvalue weighted by Gasteiger charge is 2.44. The Morgan fingerprint density at radius 1 is 1.35 bits per heavy atom. The minimum atomic E-state index is -1.16. The number of nitrogens with two attached hydrogens (primary N) is 1. The second kappa shape index (κ2) is 4.79. The molecular weight excluding hydrogens is 284 g/mol. The number of nitrogens with one attached hydrogen (secondary N) is 2. The molecule has 4 atom stereocenters. The summed E-state index contributed by atoms with van der Waals surface area (Å²) in [7, 11) is 0. The molecule has 0 amide bonds. The van der Waals surface area contributed by atoms with E-state index in [1.54, 1.807) is 6.20 Å². The first-order chi connectivity index (χ1) is 9.52. The number of aliphatic hydroxyl groups excluding tert-OH is 3. The molecule has 7 N–H and O–H groups in total. The number of nitrogens with zero attached hydrogens (tertiary/aromatic N) is 1.